The van der Waals surface area contributed by atoms with Crippen molar-refractivity contribution in [3.63, 3.8) is 0 Å². The van der Waals surface area contributed by atoms with Crippen molar-refractivity contribution in [2.24, 2.45) is 5.92 Å². The summed E-state index contributed by atoms with van der Waals surface area (Å²) in [7, 11) is 0. The molecule has 4 saturated heterocycles. The lowest BCUT2D eigenvalue weighted by Gasteiger charge is -2.39. The number of carbonyl (C=O) groups is 7. The molecule has 4 aliphatic heterocycles. The third-order valence-corrected chi connectivity index (χ3v) is 11.4. The quantitative estimate of drug-likeness (QED) is 0.281. The Hall–Kier alpha value is -5.06. The molecule has 6 rings (SSSR count). The number of nitrogens with one attached hydrogen (secondary N) is 3. The summed E-state index contributed by atoms with van der Waals surface area (Å²) >= 11 is 6.15. The average Bonchev–Trinajstić information content (AvgIpc) is 3.77. The number of hydrogen-bond acceptors (Lipinski definition) is 10. The van der Waals surface area contributed by atoms with Gasteiger partial charge in [0, 0.05) is 37.5 Å². The normalized spacial score (nSPS) is 28.9. The summed E-state index contributed by atoms with van der Waals surface area (Å²) in [4.78, 5) is 102. The molecule has 0 aliphatic carbocycles. The Morgan fingerprint density at radius 1 is 0.897 bits per heavy atom. The molecule has 17 heteroatoms. The highest BCUT2D eigenvalue weighted by atomic mass is 35.5. The Labute approximate surface area is 341 Å². The van der Waals surface area contributed by atoms with E-state index in [1.54, 1.807) is 30.3 Å². The van der Waals surface area contributed by atoms with Crippen molar-refractivity contribution in [2.45, 2.75) is 102 Å². The van der Waals surface area contributed by atoms with Crippen molar-refractivity contribution in [1.82, 2.24) is 30.7 Å². The second-order valence-electron chi connectivity index (χ2n) is 15.8. The van der Waals surface area contributed by atoms with Crippen molar-refractivity contribution < 1.29 is 48.1 Å². The number of esters is 1. The summed E-state index contributed by atoms with van der Waals surface area (Å²) in [5, 5.41) is 19.5. The topological polar surface area (TPSA) is 204 Å². The molecule has 16 nitrogen and oxygen atoms in total. The van der Waals surface area contributed by atoms with E-state index >= 15 is 0 Å². The van der Waals surface area contributed by atoms with Crippen LogP contribution in [0.15, 0.2) is 48.5 Å². The lowest BCUT2D eigenvalue weighted by Crippen LogP contribution is -2.64. The Morgan fingerprint density at radius 2 is 1.62 bits per heavy atom. The molecule has 4 fully saturated rings. The highest BCUT2D eigenvalue weighted by molar-refractivity contribution is 6.30. The van der Waals surface area contributed by atoms with Crippen LogP contribution in [0.2, 0.25) is 5.02 Å². The van der Waals surface area contributed by atoms with Crippen molar-refractivity contribution in [1.29, 1.82) is 0 Å². The van der Waals surface area contributed by atoms with E-state index in [4.69, 9.17) is 21.1 Å². The number of aliphatic hydroxyl groups is 1. The largest absolute Gasteiger partial charge is 0.458 e. The molecule has 58 heavy (non-hydrogen) atoms. The van der Waals surface area contributed by atoms with Gasteiger partial charge in [0.1, 0.15) is 42.4 Å². The van der Waals surface area contributed by atoms with Crippen LogP contribution >= 0.6 is 11.6 Å². The van der Waals surface area contributed by atoms with E-state index in [9.17, 15) is 38.7 Å². The van der Waals surface area contributed by atoms with Gasteiger partial charge in [-0.05, 0) is 56.4 Å². The number of halogens is 1. The van der Waals surface area contributed by atoms with E-state index in [0.717, 1.165) is 16.0 Å². The molecule has 0 radical (unpaired) electrons. The van der Waals surface area contributed by atoms with E-state index < -0.39 is 89.9 Å². The first-order valence-electron chi connectivity index (χ1n) is 19.7. The number of rotatable bonds is 7. The van der Waals surface area contributed by atoms with Crippen molar-refractivity contribution in [3.05, 3.63) is 70.2 Å². The number of benzene rings is 2. The van der Waals surface area contributed by atoms with E-state index in [1.807, 2.05) is 32.0 Å². The molecule has 4 N–H and O–H groups in total. The maximum absolute atomic E-state index is 14.8. The number of hydrogen-bond donors (Lipinski definition) is 4. The number of nitrogens with zero attached hydrogens (tertiary/aromatic N) is 3. The zero-order valence-electron chi connectivity index (χ0n) is 33.0. The highest BCUT2D eigenvalue weighted by Gasteiger charge is 2.49. The van der Waals surface area contributed by atoms with Crippen LogP contribution in [0.1, 0.15) is 50.3 Å². The number of aliphatic hydroxyl groups excluding tert-OH is 1. The predicted octanol–water partition coefficient (Wildman–Crippen LogP) is 0.279. The third kappa shape index (κ3) is 9.79. The van der Waals surface area contributed by atoms with Crippen LogP contribution in [0.5, 0.6) is 0 Å². The molecule has 4 aliphatic rings. The molecule has 4 heterocycles. The minimum absolute atomic E-state index is 0.00327. The zero-order valence-corrected chi connectivity index (χ0v) is 33.8. The number of aryl methyl sites for hydroxylation is 1. The smallest absolute Gasteiger partial charge is 0.329 e. The summed E-state index contributed by atoms with van der Waals surface area (Å²) in [6, 6.07) is 6.75. The first-order chi connectivity index (χ1) is 27.6. The summed E-state index contributed by atoms with van der Waals surface area (Å²) in [6.07, 6.45) is -2.47. The van der Waals surface area contributed by atoms with Crippen molar-refractivity contribution in [2.75, 3.05) is 32.8 Å². The molecule has 0 aromatic heterocycles. The number of ether oxygens (including phenoxy) is 2. The van der Waals surface area contributed by atoms with Crippen LogP contribution in [-0.2, 0) is 55.9 Å². The fourth-order valence-electron chi connectivity index (χ4n) is 8.20. The summed E-state index contributed by atoms with van der Waals surface area (Å²) < 4.78 is 11.5. The second-order valence-corrected chi connectivity index (χ2v) is 16.3. The van der Waals surface area contributed by atoms with Gasteiger partial charge in [0.15, 0.2) is 0 Å². The Kier molecular flexibility index (Phi) is 13.4. The van der Waals surface area contributed by atoms with Gasteiger partial charge >= 0.3 is 5.97 Å². The van der Waals surface area contributed by atoms with Gasteiger partial charge in [0.25, 0.3) is 0 Å². The zero-order chi connectivity index (χ0) is 41.8. The standard InChI is InChI=1S/C41H51ClN6O10/c1-22-7-5-8-26(13-22)16-30(44-34(50)17-27-9-6-10-28(42)15-27)36(51)45-35-25(4)58-41(56)32-14-23(2)19-47(32)38(53)24(3)43-37(52)33-21-57-12-11-46(33)39(54)31-18-29(49)20-48(31)40(35)55/h5-10,13,15,23-25,29-33,35,49H,11-12,14,16-21H2,1-4H3,(H,43,52)(H,44,50)(H,45,51)/t23-,24+,25+,29-,30+,31+,32+,33+,35+/m1/s1. The summed E-state index contributed by atoms with van der Waals surface area (Å²) in [5.41, 5.74) is 2.25. The molecule has 9 atom stereocenters. The lowest BCUT2D eigenvalue weighted by molar-refractivity contribution is -0.164. The molecular formula is C41H51ClN6O10. The van der Waals surface area contributed by atoms with E-state index in [2.05, 4.69) is 16.0 Å². The average molecular weight is 823 g/mol. The van der Waals surface area contributed by atoms with Crippen LogP contribution in [0.4, 0.5) is 0 Å². The minimum atomic E-state index is -1.61. The molecule has 312 valence electrons. The molecule has 2 aromatic rings. The van der Waals surface area contributed by atoms with Crippen LogP contribution in [-0.4, -0.2) is 143 Å². The highest BCUT2D eigenvalue weighted by Crippen LogP contribution is 2.28. The Bertz CT molecular complexity index is 1930. The molecule has 0 bridgehead atoms. The number of fused-ring (bicyclic) bond motifs is 3. The van der Waals surface area contributed by atoms with Crippen molar-refractivity contribution in [3.8, 4) is 0 Å². The Balaban J connectivity index is 1.35. The predicted molar refractivity (Wildman–Crippen MR) is 209 cm³/mol. The SMILES string of the molecule is Cc1cccc(C[C@H](NC(=O)Cc2cccc(Cl)c2)C(=O)N[C@@H]2C(=O)N3C[C@H](O)C[C@H]3C(=O)N3CCOC[C@H]3C(=O)N[C@@H](C)C(=O)N3C[C@H](C)C[C@H]3C(=O)O[C@H]2C)c1. The fourth-order valence-corrected chi connectivity index (χ4v) is 8.42. The number of morpholine rings is 1. The molecule has 6 amide bonds. The van der Waals surface area contributed by atoms with Crippen LogP contribution in [0.25, 0.3) is 0 Å². The first-order valence-corrected chi connectivity index (χ1v) is 20.0. The Morgan fingerprint density at radius 3 is 2.36 bits per heavy atom. The van der Waals surface area contributed by atoms with E-state index in [0.29, 0.717) is 10.6 Å². The van der Waals surface area contributed by atoms with Gasteiger partial charge in [-0.1, -0.05) is 60.5 Å². The van der Waals surface area contributed by atoms with Crippen LogP contribution < -0.4 is 16.0 Å². The second kappa shape index (κ2) is 18.2. The fraction of sp³-hybridized carbons (Fsp3) is 0.537. The van der Waals surface area contributed by atoms with Gasteiger partial charge in [-0.2, -0.15) is 0 Å². The van der Waals surface area contributed by atoms with Gasteiger partial charge in [-0.3, -0.25) is 28.8 Å². The first kappa shape index (κ1) is 42.5. The maximum atomic E-state index is 14.8. The lowest BCUT2D eigenvalue weighted by atomic mass is 10.0. The maximum Gasteiger partial charge on any atom is 0.329 e. The number of amides is 6. The van der Waals surface area contributed by atoms with Crippen molar-refractivity contribution >= 4 is 53.0 Å². The molecule has 0 unspecified atom stereocenters. The molecular weight excluding hydrogens is 772 g/mol. The van der Waals surface area contributed by atoms with Gasteiger partial charge < -0.3 is 45.2 Å². The molecule has 0 saturated carbocycles. The third-order valence-electron chi connectivity index (χ3n) is 11.1. The van der Waals surface area contributed by atoms with Gasteiger partial charge in [-0.15, -0.1) is 0 Å². The number of cyclic esters (lactones) is 1. The summed E-state index contributed by atoms with van der Waals surface area (Å²) in [5.74, 6) is -4.85. The molecule has 2 aromatic carbocycles. The van der Waals surface area contributed by atoms with Gasteiger partial charge in [0.2, 0.25) is 35.4 Å². The minimum Gasteiger partial charge on any atom is -0.458 e. The van der Waals surface area contributed by atoms with Gasteiger partial charge in [0.05, 0.1) is 25.7 Å². The summed E-state index contributed by atoms with van der Waals surface area (Å²) in [6.45, 7) is 6.53. The molecule has 0 spiro atoms. The van der Waals surface area contributed by atoms with E-state index in [1.165, 1.54) is 23.6 Å². The van der Waals surface area contributed by atoms with E-state index in [-0.39, 0.29) is 64.4 Å². The van der Waals surface area contributed by atoms with Gasteiger partial charge in [-0.25, -0.2) is 4.79 Å². The monoisotopic (exact) mass is 822 g/mol. The van der Waals surface area contributed by atoms with Crippen LogP contribution in [0.3, 0.4) is 0 Å². The number of carbonyl (C=O) groups excluding carboxylic acids is 7. The van der Waals surface area contributed by atoms with Crippen LogP contribution in [0, 0.1) is 12.8 Å².